The fraction of sp³-hybridized carbons (Fsp3) is 0.417. The lowest BCUT2D eigenvalue weighted by Gasteiger charge is -2.31. The third kappa shape index (κ3) is 5.64. The average molecular weight is 442 g/mol. The van der Waals surface area contributed by atoms with Crippen molar-refractivity contribution in [2.75, 3.05) is 44.7 Å². The highest BCUT2D eigenvalue weighted by atomic mass is 35.5. The highest BCUT2D eigenvalue weighted by molar-refractivity contribution is 6.30. The van der Waals surface area contributed by atoms with E-state index in [0.717, 1.165) is 37.5 Å². The number of halogens is 1. The summed E-state index contributed by atoms with van der Waals surface area (Å²) in [5.74, 6) is -0.123. The first kappa shape index (κ1) is 21.8. The van der Waals surface area contributed by atoms with E-state index in [4.69, 9.17) is 16.3 Å². The Morgan fingerprint density at radius 2 is 1.74 bits per heavy atom. The molecule has 1 N–H and O–H groups in total. The van der Waals surface area contributed by atoms with E-state index in [1.165, 1.54) is 5.56 Å². The van der Waals surface area contributed by atoms with E-state index in [0.29, 0.717) is 37.6 Å². The van der Waals surface area contributed by atoms with E-state index in [2.05, 4.69) is 16.3 Å². The second kappa shape index (κ2) is 10.3. The van der Waals surface area contributed by atoms with Crippen LogP contribution in [0, 0.1) is 5.92 Å². The zero-order valence-corrected chi connectivity index (χ0v) is 18.3. The molecule has 31 heavy (non-hydrogen) atoms. The fourth-order valence-electron chi connectivity index (χ4n) is 4.20. The van der Waals surface area contributed by atoms with Gasteiger partial charge in [-0.25, -0.2) is 0 Å². The van der Waals surface area contributed by atoms with Crippen LogP contribution in [0.4, 0.5) is 5.69 Å². The molecule has 0 aromatic heterocycles. The van der Waals surface area contributed by atoms with Gasteiger partial charge in [-0.1, -0.05) is 35.9 Å². The average Bonchev–Trinajstić information content (AvgIpc) is 2.80. The maximum absolute atomic E-state index is 12.9. The van der Waals surface area contributed by atoms with Crippen molar-refractivity contribution in [3.8, 4) is 0 Å². The largest absolute Gasteiger partial charge is 0.378 e. The molecule has 0 radical (unpaired) electrons. The lowest BCUT2D eigenvalue weighted by molar-refractivity contribution is -0.121. The number of rotatable bonds is 5. The van der Waals surface area contributed by atoms with Gasteiger partial charge < -0.3 is 15.0 Å². The molecule has 2 heterocycles. The number of benzene rings is 2. The summed E-state index contributed by atoms with van der Waals surface area (Å²) in [5.41, 5.74) is 2.31. The highest BCUT2D eigenvalue weighted by Crippen LogP contribution is 2.24. The van der Waals surface area contributed by atoms with Gasteiger partial charge in [0.25, 0.3) is 5.91 Å². The number of hydrogen-bond donors (Lipinski definition) is 1. The SMILES string of the molecule is O=C(Nc1ccccc1C(=O)N1CCOCC1)C1CCN(Cc2cccc(Cl)c2)CC1. The number of nitrogens with zero attached hydrogens (tertiary/aromatic N) is 2. The van der Waals surface area contributed by atoms with Crippen LogP contribution in [-0.2, 0) is 16.1 Å². The van der Waals surface area contributed by atoms with Gasteiger partial charge in [-0.3, -0.25) is 14.5 Å². The van der Waals surface area contributed by atoms with Crippen LogP contribution in [0.15, 0.2) is 48.5 Å². The minimum absolute atomic E-state index is 0.00960. The molecule has 0 aliphatic carbocycles. The number of nitrogens with one attached hydrogen (secondary N) is 1. The summed E-state index contributed by atoms with van der Waals surface area (Å²) >= 11 is 6.08. The first-order valence-electron chi connectivity index (χ1n) is 10.8. The molecule has 0 saturated carbocycles. The van der Waals surface area contributed by atoms with Crippen LogP contribution in [0.2, 0.25) is 5.02 Å². The zero-order chi connectivity index (χ0) is 21.6. The number of morpholine rings is 1. The predicted molar refractivity (Wildman–Crippen MR) is 121 cm³/mol. The molecule has 2 fully saturated rings. The summed E-state index contributed by atoms with van der Waals surface area (Å²) < 4.78 is 5.34. The monoisotopic (exact) mass is 441 g/mol. The quantitative estimate of drug-likeness (QED) is 0.769. The van der Waals surface area contributed by atoms with Crippen LogP contribution in [-0.4, -0.2) is 61.0 Å². The van der Waals surface area contributed by atoms with Crippen molar-refractivity contribution in [2.45, 2.75) is 19.4 Å². The number of anilines is 1. The van der Waals surface area contributed by atoms with Gasteiger partial charge in [-0.2, -0.15) is 0 Å². The van der Waals surface area contributed by atoms with Crippen LogP contribution in [0.5, 0.6) is 0 Å². The second-order valence-electron chi connectivity index (χ2n) is 8.12. The van der Waals surface area contributed by atoms with Gasteiger partial charge >= 0.3 is 0 Å². The summed E-state index contributed by atoms with van der Waals surface area (Å²) in [5, 5.41) is 3.77. The number of hydrogen-bond acceptors (Lipinski definition) is 4. The number of piperidine rings is 1. The molecule has 2 aromatic carbocycles. The minimum atomic E-state index is -0.0597. The topological polar surface area (TPSA) is 61.9 Å². The lowest BCUT2D eigenvalue weighted by atomic mass is 9.95. The highest BCUT2D eigenvalue weighted by Gasteiger charge is 2.27. The van der Waals surface area contributed by atoms with Crippen molar-refractivity contribution >= 4 is 29.1 Å². The summed E-state index contributed by atoms with van der Waals surface area (Å²) in [6.45, 7) is 4.81. The molecule has 6 nitrogen and oxygen atoms in total. The number of carbonyl (C=O) groups excluding carboxylic acids is 2. The van der Waals surface area contributed by atoms with Crippen LogP contribution in [0.25, 0.3) is 0 Å². The van der Waals surface area contributed by atoms with Gasteiger partial charge in [0, 0.05) is 30.6 Å². The van der Waals surface area contributed by atoms with Crippen molar-refractivity contribution < 1.29 is 14.3 Å². The molecule has 2 saturated heterocycles. The molecule has 0 atom stereocenters. The van der Waals surface area contributed by atoms with E-state index in [9.17, 15) is 9.59 Å². The first-order chi connectivity index (χ1) is 15.1. The number of amides is 2. The van der Waals surface area contributed by atoms with Crippen molar-refractivity contribution in [1.29, 1.82) is 0 Å². The first-order valence-corrected chi connectivity index (χ1v) is 11.2. The predicted octanol–water partition coefficient (Wildman–Crippen LogP) is 3.66. The van der Waals surface area contributed by atoms with E-state index >= 15 is 0 Å². The summed E-state index contributed by atoms with van der Waals surface area (Å²) in [6.07, 6.45) is 1.60. The van der Waals surface area contributed by atoms with Crippen LogP contribution in [0.1, 0.15) is 28.8 Å². The molecule has 0 bridgehead atoms. The number of carbonyl (C=O) groups is 2. The van der Waals surface area contributed by atoms with E-state index in [1.54, 1.807) is 17.0 Å². The van der Waals surface area contributed by atoms with Crippen LogP contribution >= 0.6 is 11.6 Å². The summed E-state index contributed by atoms with van der Waals surface area (Å²) in [4.78, 5) is 30.0. The molecule has 2 aromatic rings. The molecular formula is C24H28ClN3O3. The molecule has 2 amide bonds. The lowest BCUT2D eigenvalue weighted by Crippen LogP contribution is -2.41. The van der Waals surface area contributed by atoms with Crippen molar-refractivity contribution in [3.63, 3.8) is 0 Å². The van der Waals surface area contributed by atoms with Crippen molar-refractivity contribution in [1.82, 2.24) is 9.80 Å². The summed E-state index contributed by atoms with van der Waals surface area (Å²) in [6, 6.07) is 15.2. The molecule has 2 aliphatic heterocycles. The minimum Gasteiger partial charge on any atom is -0.378 e. The Labute approximate surface area is 188 Å². The van der Waals surface area contributed by atoms with Gasteiger partial charge in [0.2, 0.25) is 5.91 Å². The second-order valence-corrected chi connectivity index (χ2v) is 8.56. The number of likely N-dealkylation sites (tertiary alicyclic amines) is 1. The Hall–Kier alpha value is -2.41. The van der Waals surface area contributed by atoms with Gasteiger partial charge in [0.1, 0.15) is 0 Å². The fourth-order valence-corrected chi connectivity index (χ4v) is 4.41. The third-order valence-electron chi connectivity index (χ3n) is 5.97. The molecule has 2 aliphatic rings. The maximum atomic E-state index is 12.9. The number of para-hydroxylation sites is 1. The van der Waals surface area contributed by atoms with Gasteiger partial charge in [-0.05, 0) is 55.8 Å². The molecule has 0 unspecified atom stereocenters. The third-order valence-corrected chi connectivity index (χ3v) is 6.20. The molecule has 4 rings (SSSR count). The van der Waals surface area contributed by atoms with Gasteiger partial charge in [0.05, 0.1) is 24.5 Å². The Morgan fingerprint density at radius 1 is 1.00 bits per heavy atom. The van der Waals surface area contributed by atoms with Crippen molar-refractivity contribution in [3.05, 3.63) is 64.7 Å². The molecule has 0 spiro atoms. The molecular weight excluding hydrogens is 414 g/mol. The maximum Gasteiger partial charge on any atom is 0.256 e. The van der Waals surface area contributed by atoms with Crippen LogP contribution < -0.4 is 5.32 Å². The summed E-state index contributed by atoms with van der Waals surface area (Å²) in [7, 11) is 0. The smallest absolute Gasteiger partial charge is 0.256 e. The van der Waals surface area contributed by atoms with Crippen molar-refractivity contribution in [2.24, 2.45) is 5.92 Å². The van der Waals surface area contributed by atoms with E-state index in [1.807, 2.05) is 30.3 Å². The normalized spacial score (nSPS) is 18.0. The Morgan fingerprint density at radius 3 is 2.48 bits per heavy atom. The molecule has 7 heteroatoms. The Bertz CT molecular complexity index is 922. The Kier molecular flexibility index (Phi) is 7.22. The Balaban J connectivity index is 1.33. The van der Waals surface area contributed by atoms with E-state index in [-0.39, 0.29) is 17.7 Å². The van der Waals surface area contributed by atoms with Gasteiger partial charge in [-0.15, -0.1) is 0 Å². The van der Waals surface area contributed by atoms with Gasteiger partial charge in [0.15, 0.2) is 0 Å². The standard InChI is InChI=1S/C24H28ClN3O3/c25-20-5-3-4-18(16-20)17-27-10-8-19(9-11-27)23(29)26-22-7-2-1-6-21(22)24(30)28-12-14-31-15-13-28/h1-7,16,19H,8-15,17H2,(H,26,29). The molecule has 164 valence electrons. The van der Waals surface area contributed by atoms with E-state index < -0.39 is 0 Å². The number of ether oxygens (including phenoxy) is 1. The van der Waals surface area contributed by atoms with Crippen LogP contribution in [0.3, 0.4) is 0 Å². The zero-order valence-electron chi connectivity index (χ0n) is 17.6.